The maximum Gasteiger partial charge on any atom is 0.224 e. The van der Waals surface area contributed by atoms with E-state index in [1.807, 2.05) is 7.05 Å². The summed E-state index contributed by atoms with van der Waals surface area (Å²) in [5.41, 5.74) is 0.491. The molecule has 1 aliphatic rings. The highest BCUT2D eigenvalue weighted by Crippen LogP contribution is 2.18. The summed E-state index contributed by atoms with van der Waals surface area (Å²) in [7, 11) is 1.95. The minimum absolute atomic E-state index is 0.0865. The van der Waals surface area contributed by atoms with Crippen LogP contribution in [-0.4, -0.2) is 25.0 Å². The van der Waals surface area contributed by atoms with Crippen molar-refractivity contribution in [2.45, 2.75) is 44.2 Å². The molecule has 1 aromatic rings. The summed E-state index contributed by atoms with van der Waals surface area (Å²) in [4.78, 5) is 11.9. The highest BCUT2D eigenvalue weighted by Gasteiger charge is 2.21. The van der Waals surface area contributed by atoms with E-state index in [4.69, 9.17) is 0 Å². The van der Waals surface area contributed by atoms with Crippen LogP contribution < -0.4 is 10.6 Å². The largest absolute Gasteiger partial charge is 0.353 e. The van der Waals surface area contributed by atoms with Crippen LogP contribution >= 0.6 is 0 Å². The van der Waals surface area contributed by atoms with Crippen molar-refractivity contribution in [3.8, 4) is 0 Å². The van der Waals surface area contributed by atoms with Crippen molar-refractivity contribution in [3.05, 3.63) is 35.4 Å². The highest BCUT2D eigenvalue weighted by molar-refractivity contribution is 5.78. The molecule has 0 radical (unpaired) electrons. The molecule has 5 heteroatoms. The second kappa shape index (κ2) is 6.79. The van der Waals surface area contributed by atoms with Crippen LogP contribution in [-0.2, 0) is 11.2 Å². The van der Waals surface area contributed by atoms with Crippen molar-refractivity contribution in [2.24, 2.45) is 0 Å². The van der Waals surface area contributed by atoms with Gasteiger partial charge in [-0.1, -0.05) is 6.07 Å². The van der Waals surface area contributed by atoms with Gasteiger partial charge in [-0.15, -0.1) is 0 Å². The number of benzene rings is 1. The minimum Gasteiger partial charge on any atom is -0.353 e. The maximum absolute atomic E-state index is 13.1. The first-order chi connectivity index (χ1) is 9.58. The Balaban J connectivity index is 1.82. The van der Waals surface area contributed by atoms with Gasteiger partial charge in [-0.2, -0.15) is 0 Å². The quantitative estimate of drug-likeness (QED) is 0.888. The van der Waals surface area contributed by atoms with Gasteiger partial charge in [0.15, 0.2) is 11.6 Å². The van der Waals surface area contributed by atoms with E-state index in [-0.39, 0.29) is 18.4 Å². The van der Waals surface area contributed by atoms with Crippen LogP contribution in [0, 0.1) is 11.6 Å². The Morgan fingerprint density at radius 3 is 2.40 bits per heavy atom. The summed E-state index contributed by atoms with van der Waals surface area (Å²) in [5.74, 6) is -1.94. The summed E-state index contributed by atoms with van der Waals surface area (Å²) in [5, 5.41) is 6.20. The van der Waals surface area contributed by atoms with Crippen LogP contribution in [0.4, 0.5) is 8.78 Å². The van der Waals surface area contributed by atoms with Gasteiger partial charge in [-0.25, -0.2) is 8.78 Å². The van der Waals surface area contributed by atoms with E-state index in [9.17, 15) is 13.6 Å². The number of halogens is 2. The standard InChI is InChI=1S/C15H20F2N2O/c1-18-11-3-5-12(6-4-11)19-15(20)9-10-2-7-13(16)14(17)8-10/h2,7-8,11-12,18H,3-6,9H2,1H3,(H,19,20). The molecule has 2 rings (SSSR count). The fourth-order valence-electron chi connectivity index (χ4n) is 2.64. The molecule has 0 aromatic heterocycles. The van der Waals surface area contributed by atoms with Gasteiger partial charge in [0.2, 0.25) is 5.91 Å². The summed E-state index contributed by atoms with van der Waals surface area (Å²) < 4.78 is 25.9. The summed E-state index contributed by atoms with van der Waals surface area (Å²) in [6.45, 7) is 0. The van der Waals surface area contributed by atoms with Crippen LogP contribution in [0.1, 0.15) is 31.2 Å². The molecule has 1 saturated carbocycles. The van der Waals surface area contributed by atoms with Crippen LogP contribution in [0.2, 0.25) is 0 Å². The molecule has 0 atom stereocenters. The van der Waals surface area contributed by atoms with E-state index < -0.39 is 11.6 Å². The van der Waals surface area contributed by atoms with Gasteiger partial charge >= 0.3 is 0 Å². The molecule has 0 bridgehead atoms. The molecular weight excluding hydrogens is 262 g/mol. The molecule has 1 fully saturated rings. The smallest absolute Gasteiger partial charge is 0.224 e. The number of amides is 1. The molecule has 0 unspecified atom stereocenters. The van der Waals surface area contributed by atoms with Gasteiger partial charge in [0, 0.05) is 12.1 Å². The first-order valence-electron chi connectivity index (χ1n) is 6.99. The van der Waals surface area contributed by atoms with Gasteiger partial charge in [0.1, 0.15) is 0 Å². The second-order valence-electron chi connectivity index (χ2n) is 5.33. The molecule has 1 amide bonds. The average Bonchev–Trinajstić information content (AvgIpc) is 2.44. The van der Waals surface area contributed by atoms with E-state index in [1.54, 1.807) is 0 Å². The van der Waals surface area contributed by atoms with Crippen molar-refractivity contribution in [2.75, 3.05) is 7.05 Å². The number of hydrogen-bond acceptors (Lipinski definition) is 2. The predicted octanol–water partition coefficient (Wildman–Crippen LogP) is 2.15. The van der Waals surface area contributed by atoms with E-state index in [0.717, 1.165) is 37.8 Å². The van der Waals surface area contributed by atoms with E-state index >= 15 is 0 Å². The zero-order valence-corrected chi connectivity index (χ0v) is 11.6. The SMILES string of the molecule is CNC1CCC(NC(=O)Cc2ccc(F)c(F)c2)CC1. The summed E-state index contributed by atoms with van der Waals surface area (Å²) in [6, 6.07) is 4.30. The molecule has 0 saturated heterocycles. The van der Waals surface area contributed by atoms with Crippen molar-refractivity contribution in [1.29, 1.82) is 0 Å². The van der Waals surface area contributed by atoms with Gasteiger partial charge in [-0.05, 0) is 50.4 Å². The zero-order chi connectivity index (χ0) is 14.5. The Hall–Kier alpha value is -1.49. The molecule has 0 heterocycles. The molecule has 0 aliphatic heterocycles. The lowest BCUT2D eigenvalue weighted by molar-refractivity contribution is -0.121. The monoisotopic (exact) mass is 282 g/mol. The zero-order valence-electron chi connectivity index (χ0n) is 11.6. The van der Waals surface area contributed by atoms with Crippen LogP contribution in [0.3, 0.4) is 0 Å². The number of hydrogen-bond donors (Lipinski definition) is 2. The normalized spacial score (nSPS) is 22.6. The number of nitrogens with one attached hydrogen (secondary N) is 2. The third kappa shape index (κ3) is 4.00. The summed E-state index contributed by atoms with van der Waals surface area (Å²) >= 11 is 0. The van der Waals surface area contributed by atoms with Crippen LogP contribution in [0.5, 0.6) is 0 Å². The molecule has 3 nitrogen and oxygen atoms in total. The second-order valence-corrected chi connectivity index (χ2v) is 5.33. The van der Waals surface area contributed by atoms with E-state index in [0.29, 0.717) is 11.6 Å². The summed E-state index contributed by atoms with van der Waals surface area (Å²) in [6.07, 6.45) is 4.09. The van der Waals surface area contributed by atoms with Gasteiger partial charge in [0.05, 0.1) is 6.42 Å². The Kier molecular flexibility index (Phi) is 5.06. The Labute approximate surface area is 117 Å². The number of carbonyl (C=O) groups excluding carboxylic acids is 1. The number of rotatable bonds is 4. The maximum atomic E-state index is 13.1. The lowest BCUT2D eigenvalue weighted by Gasteiger charge is -2.28. The fourth-order valence-corrected chi connectivity index (χ4v) is 2.64. The Morgan fingerprint density at radius 1 is 1.15 bits per heavy atom. The Bertz CT molecular complexity index is 471. The molecule has 0 spiro atoms. The molecule has 1 aliphatic carbocycles. The molecule has 110 valence electrons. The lowest BCUT2D eigenvalue weighted by Crippen LogP contribution is -2.41. The van der Waals surface area contributed by atoms with Crippen molar-refractivity contribution >= 4 is 5.91 Å². The molecule has 1 aromatic carbocycles. The van der Waals surface area contributed by atoms with E-state index in [2.05, 4.69) is 10.6 Å². The van der Waals surface area contributed by atoms with Gasteiger partial charge in [0.25, 0.3) is 0 Å². The first-order valence-corrected chi connectivity index (χ1v) is 6.99. The molecule has 20 heavy (non-hydrogen) atoms. The number of carbonyl (C=O) groups is 1. The predicted molar refractivity (Wildman–Crippen MR) is 73.3 cm³/mol. The van der Waals surface area contributed by atoms with Crippen LogP contribution in [0.25, 0.3) is 0 Å². The van der Waals surface area contributed by atoms with Crippen molar-refractivity contribution < 1.29 is 13.6 Å². The van der Waals surface area contributed by atoms with Gasteiger partial charge in [-0.3, -0.25) is 4.79 Å². The average molecular weight is 282 g/mol. The van der Waals surface area contributed by atoms with Gasteiger partial charge < -0.3 is 10.6 Å². The van der Waals surface area contributed by atoms with Crippen molar-refractivity contribution in [3.63, 3.8) is 0 Å². The first kappa shape index (κ1) is 14.9. The Morgan fingerprint density at radius 2 is 1.80 bits per heavy atom. The lowest BCUT2D eigenvalue weighted by atomic mass is 9.91. The third-order valence-electron chi connectivity index (χ3n) is 3.85. The van der Waals surface area contributed by atoms with E-state index in [1.165, 1.54) is 6.07 Å². The third-order valence-corrected chi connectivity index (χ3v) is 3.85. The molecular formula is C15H20F2N2O. The van der Waals surface area contributed by atoms with Crippen LogP contribution in [0.15, 0.2) is 18.2 Å². The minimum atomic E-state index is -0.912. The topological polar surface area (TPSA) is 41.1 Å². The molecule has 2 N–H and O–H groups in total. The van der Waals surface area contributed by atoms with Crippen molar-refractivity contribution in [1.82, 2.24) is 10.6 Å². The highest BCUT2D eigenvalue weighted by atomic mass is 19.2. The fraction of sp³-hybridized carbons (Fsp3) is 0.533.